The first-order valence-electron chi connectivity index (χ1n) is 6.38. The largest absolute Gasteiger partial charge is 0.467 e. The Morgan fingerprint density at radius 3 is 2.84 bits per heavy atom. The van der Waals surface area contributed by atoms with E-state index >= 15 is 0 Å². The maximum Gasteiger partial charge on any atom is 0.157 e. The molecule has 19 heavy (non-hydrogen) atoms. The molecule has 0 saturated carbocycles. The minimum Gasteiger partial charge on any atom is -0.467 e. The van der Waals surface area contributed by atoms with Gasteiger partial charge in [-0.2, -0.15) is 0 Å². The summed E-state index contributed by atoms with van der Waals surface area (Å²) >= 11 is 1.77. The van der Waals surface area contributed by atoms with Gasteiger partial charge in [0.1, 0.15) is 5.76 Å². The SMILES string of the molecule is CC(NC1=NC(c2ccccc2)CS1)c1ccco1. The van der Waals surface area contributed by atoms with E-state index in [4.69, 9.17) is 9.41 Å². The third-order valence-corrected chi connectivity index (χ3v) is 4.12. The van der Waals surface area contributed by atoms with Gasteiger partial charge in [0, 0.05) is 5.75 Å². The van der Waals surface area contributed by atoms with Gasteiger partial charge in [-0.25, -0.2) is 0 Å². The number of thioether (sulfide) groups is 1. The Bertz CT molecular complexity index is 551. The first-order chi connectivity index (χ1) is 9.33. The van der Waals surface area contributed by atoms with Crippen molar-refractivity contribution in [2.75, 3.05) is 5.75 Å². The number of hydrogen-bond donors (Lipinski definition) is 1. The fourth-order valence-electron chi connectivity index (χ4n) is 2.09. The van der Waals surface area contributed by atoms with Crippen LogP contribution in [0.4, 0.5) is 0 Å². The Kier molecular flexibility index (Phi) is 3.60. The van der Waals surface area contributed by atoms with Gasteiger partial charge in [-0.05, 0) is 24.6 Å². The zero-order valence-electron chi connectivity index (χ0n) is 10.7. The Morgan fingerprint density at radius 1 is 1.26 bits per heavy atom. The van der Waals surface area contributed by atoms with Crippen molar-refractivity contribution in [3.63, 3.8) is 0 Å². The highest BCUT2D eigenvalue weighted by Gasteiger charge is 2.21. The van der Waals surface area contributed by atoms with Crippen molar-refractivity contribution in [2.24, 2.45) is 4.99 Å². The molecule has 0 bridgehead atoms. The lowest BCUT2D eigenvalue weighted by Crippen LogP contribution is -2.22. The molecule has 0 aliphatic carbocycles. The van der Waals surface area contributed by atoms with Crippen molar-refractivity contribution in [2.45, 2.75) is 19.0 Å². The van der Waals surface area contributed by atoms with Crippen LogP contribution in [0.25, 0.3) is 0 Å². The summed E-state index contributed by atoms with van der Waals surface area (Å²) in [7, 11) is 0. The lowest BCUT2D eigenvalue weighted by atomic mass is 10.1. The van der Waals surface area contributed by atoms with Gasteiger partial charge in [0.15, 0.2) is 5.17 Å². The number of amidine groups is 1. The number of aliphatic imine (C=N–C) groups is 1. The molecule has 3 rings (SSSR count). The Morgan fingerprint density at radius 2 is 2.11 bits per heavy atom. The topological polar surface area (TPSA) is 37.5 Å². The second-order valence-corrected chi connectivity index (χ2v) is 5.56. The summed E-state index contributed by atoms with van der Waals surface area (Å²) in [4.78, 5) is 4.73. The molecule has 2 unspecified atom stereocenters. The summed E-state index contributed by atoms with van der Waals surface area (Å²) in [6.07, 6.45) is 1.70. The summed E-state index contributed by atoms with van der Waals surface area (Å²) in [5, 5.41) is 4.40. The molecule has 1 aromatic heterocycles. The van der Waals surface area contributed by atoms with Crippen molar-refractivity contribution in [1.82, 2.24) is 5.32 Å². The maximum absolute atomic E-state index is 5.39. The van der Waals surface area contributed by atoms with Crippen LogP contribution in [0.3, 0.4) is 0 Å². The van der Waals surface area contributed by atoms with E-state index in [1.807, 2.05) is 18.2 Å². The minimum atomic E-state index is 0.149. The molecule has 2 atom stereocenters. The molecule has 1 aliphatic heterocycles. The monoisotopic (exact) mass is 272 g/mol. The lowest BCUT2D eigenvalue weighted by molar-refractivity contribution is 0.464. The van der Waals surface area contributed by atoms with Gasteiger partial charge >= 0.3 is 0 Å². The predicted octanol–water partition coefficient (Wildman–Crippen LogP) is 3.77. The zero-order valence-corrected chi connectivity index (χ0v) is 11.6. The minimum absolute atomic E-state index is 0.149. The standard InChI is InChI=1S/C15H16N2OS/c1-11(14-8-5-9-18-14)16-15-17-13(10-19-15)12-6-3-2-4-7-12/h2-9,11,13H,10H2,1H3,(H,16,17). The average molecular weight is 272 g/mol. The highest BCUT2D eigenvalue weighted by molar-refractivity contribution is 8.14. The lowest BCUT2D eigenvalue weighted by Gasteiger charge is -2.11. The molecule has 0 amide bonds. The summed E-state index contributed by atoms with van der Waals surface area (Å²) in [6, 6.07) is 14.7. The zero-order chi connectivity index (χ0) is 13.1. The third-order valence-electron chi connectivity index (χ3n) is 3.15. The highest BCUT2D eigenvalue weighted by Crippen LogP contribution is 2.30. The van der Waals surface area contributed by atoms with Crippen molar-refractivity contribution < 1.29 is 4.42 Å². The van der Waals surface area contributed by atoms with Crippen molar-refractivity contribution in [1.29, 1.82) is 0 Å². The quantitative estimate of drug-likeness (QED) is 0.924. The Balaban J connectivity index is 1.67. The van der Waals surface area contributed by atoms with Gasteiger partial charge in [-0.15, -0.1) is 0 Å². The molecule has 0 radical (unpaired) electrons. The smallest absolute Gasteiger partial charge is 0.157 e. The predicted molar refractivity (Wildman–Crippen MR) is 79.3 cm³/mol. The van der Waals surface area contributed by atoms with E-state index in [-0.39, 0.29) is 12.1 Å². The van der Waals surface area contributed by atoms with Gasteiger partial charge in [-0.3, -0.25) is 4.99 Å². The fourth-order valence-corrected chi connectivity index (χ4v) is 3.14. The maximum atomic E-state index is 5.39. The molecule has 1 aliphatic rings. The first kappa shape index (κ1) is 12.4. The first-order valence-corrected chi connectivity index (χ1v) is 7.37. The molecule has 1 N–H and O–H groups in total. The van der Waals surface area contributed by atoms with E-state index in [9.17, 15) is 0 Å². The van der Waals surface area contributed by atoms with Crippen LogP contribution in [-0.4, -0.2) is 10.9 Å². The van der Waals surface area contributed by atoms with Crippen LogP contribution in [0.2, 0.25) is 0 Å². The Labute approximate surface area is 117 Å². The normalized spacial score (nSPS) is 20.1. The molecule has 0 fully saturated rings. The molecule has 0 spiro atoms. The summed E-state index contributed by atoms with van der Waals surface area (Å²) in [5.41, 5.74) is 1.28. The van der Waals surface area contributed by atoms with Gasteiger partial charge in [0.25, 0.3) is 0 Å². The summed E-state index contributed by atoms with van der Waals surface area (Å²) in [5.74, 6) is 1.93. The van der Waals surface area contributed by atoms with Gasteiger partial charge in [0.05, 0.1) is 18.3 Å². The van der Waals surface area contributed by atoms with Crippen molar-refractivity contribution in [3.05, 3.63) is 60.1 Å². The number of nitrogens with one attached hydrogen (secondary N) is 1. The van der Waals surface area contributed by atoms with Crippen LogP contribution in [-0.2, 0) is 0 Å². The molecular weight excluding hydrogens is 256 g/mol. The van der Waals surface area contributed by atoms with E-state index < -0.39 is 0 Å². The second kappa shape index (κ2) is 5.53. The van der Waals surface area contributed by atoms with Crippen LogP contribution in [0.1, 0.15) is 30.3 Å². The van der Waals surface area contributed by atoms with E-state index in [0.717, 1.165) is 16.7 Å². The van der Waals surface area contributed by atoms with E-state index in [1.54, 1.807) is 18.0 Å². The summed E-state index contributed by atoms with van der Waals surface area (Å²) < 4.78 is 5.39. The number of furan rings is 1. The van der Waals surface area contributed by atoms with Gasteiger partial charge in [-0.1, -0.05) is 42.1 Å². The van der Waals surface area contributed by atoms with Gasteiger partial charge < -0.3 is 9.73 Å². The fraction of sp³-hybridized carbons (Fsp3) is 0.267. The van der Waals surface area contributed by atoms with Crippen LogP contribution in [0, 0.1) is 0 Å². The average Bonchev–Trinajstić information content (AvgIpc) is 3.11. The molecule has 3 nitrogen and oxygen atoms in total. The molecular formula is C15H16N2OS. The number of hydrogen-bond acceptors (Lipinski definition) is 4. The number of rotatable bonds is 3. The second-order valence-electron chi connectivity index (χ2n) is 4.55. The molecule has 2 aromatic rings. The number of nitrogens with zero attached hydrogens (tertiary/aromatic N) is 1. The number of benzene rings is 1. The Hall–Kier alpha value is -1.68. The van der Waals surface area contributed by atoms with Crippen LogP contribution in [0.15, 0.2) is 58.1 Å². The summed E-state index contributed by atoms with van der Waals surface area (Å²) in [6.45, 7) is 2.08. The van der Waals surface area contributed by atoms with Crippen molar-refractivity contribution >= 4 is 16.9 Å². The third kappa shape index (κ3) is 2.84. The van der Waals surface area contributed by atoms with Crippen LogP contribution >= 0.6 is 11.8 Å². The molecule has 98 valence electrons. The van der Waals surface area contributed by atoms with Crippen LogP contribution < -0.4 is 5.32 Å². The van der Waals surface area contributed by atoms with Crippen molar-refractivity contribution in [3.8, 4) is 0 Å². The highest BCUT2D eigenvalue weighted by atomic mass is 32.2. The molecule has 1 aromatic carbocycles. The van der Waals surface area contributed by atoms with Crippen LogP contribution in [0.5, 0.6) is 0 Å². The molecule has 2 heterocycles. The van der Waals surface area contributed by atoms with Gasteiger partial charge in [0.2, 0.25) is 0 Å². The van der Waals surface area contributed by atoms with E-state index in [0.29, 0.717) is 0 Å². The molecule has 0 saturated heterocycles. The van der Waals surface area contributed by atoms with E-state index in [1.165, 1.54) is 5.56 Å². The molecule has 4 heteroatoms. The van der Waals surface area contributed by atoms with E-state index in [2.05, 4.69) is 36.5 Å².